The lowest BCUT2D eigenvalue weighted by Gasteiger charge is -2.23. The number of nitrogens with two attached hydrogens (primary N) is 1. The lowest BCUT2D eigenvalue weighted by Crippen LogP contribution is -2.44. The molecular formula is C12H13F6NO2. The molecule has 0 aliphatic carbocycles. The van der Waals surface area contributed by atoms with Crippen molar-refractivity contribution in [3.63, 3.8) is 0 Å². The van der Waals surface area contributed by atoms with Crippen LogP contribution in [0, 0.1) is 0 Å². The van der Waals surface area contributed by atoms with Gasteiger partial charge in [-0.05, 0) is 11.6 Å². The fourth-order valence-corrected chi connectivity index (χ4v) is 1.60. The smallest absolute Gasteiger partial charge is 0.423 e. The molecule has 0 spiro atoms. The van der Waals surface area contributed by atoms with Gasteiger partial charge in [0.1, 0.15) is 5.75 Å². The third-order valence-electron chi connectivity index (χ3n) is 2.58. The first-order valence-corrected chi connectivity index (χ1v) is 5.70. The maximum Gasteiger partial charge on any atom is 0.423 e. The summed E-state index contributed by atoms with van der Waals surface area (Å²) >= 11 is 0. The van der Waals surface area contributed by atoms with Crippen LogP contribution in [0.3, 0.4) is 0 Å². The van der Waals surface area contributed by atoms with Gasteiger partial charge in [-0.25, -0.2) is 0 Å². The van der Waals surface area contributed by atoms with E-state index < -0.39 is 25.1 Å². The van der Waals surface area contributed by atoms with Crippen LogP contribution in [0.15, 0.2) is 18.2 Å². The Balaban J connectivity index is 2.86. The van der Waals surface area contributed by atoms with Crippen molar-refractivity contribution in [1.29, 1.82) is 0 Å². The number of halogens is 6. The molecule has 1 rings (SSSR count). The van der Waals surface area contributed by atoms with Crippen LogP contribution in [0.1, 0.15) is 11.1 Å². The van der Waals surface area contributed by atoms with E-state index >= 15 is 0 Å². The Hall–Kier alpha value is -1.48. The van der Waals surface area contributed by atoms with Gasteiger partial charge >= 0.3 is 12.4 Å². The highest BCUT2D eigenvalue weighted by molar-refractivity contribution is 5.37. The zero-order chi connectivity index (χ0) is 16.3. The zero-order valence-electron chi connectivity index (χ0n) is 10.9. The molecule has 0 aliphatic heterocycles. The molecule has 0 saturated carbocycles. The van der Waals surface area contributed by atoms with Crippen LogP contribution in [0.2, 0.25) is 0 Å². The first-order valence-electron chi connectivity index (χ1n) is 5.70. The van der Waals surface area contributed by atoms with E-state index in [-0.39, 0.29) is 17.9 Å². The van der Waals surface area contributed by atoms with Gasteiger partial charge in [-0.15, -0.1) is 0 Å². The third-order valence-corrected chi connectivity index (χ3v) is 2.58. The second-order valence-electron chi connectivity index (χ2n) is 4.12. The highest BCUT2D eigenvalue weighted by Gasteiger charge is 2.57. The van der Waals surface area contributed by atoms with Crippen molar-refractivity contribution in [1.82, 2.24) is 0 Å². The molecule has 120 valence electrons. The molecule has 0 unspecified atom stereocenters. The fraction of sp³-hybridized carbons (Fsp3) is 0.500. The zero-order valence-corrected chi connectivity index (χ0v) is 10.9. The Bertz CT molecular complexity index is 458. The van der Waals surface area contributed by atoms with Crippen LogP contribution in [0.4, 0.5) is 26.3 Å². The van der Waals surface area contributed by atoms with E-state index in [1.165, 1.54) is 25.3 Å². The molecule has 21 heavy (non-hydrogen) atoms. The highest BCUT2D eigenvalue weighted by Crippen LogP contribution is 2.36. The number of alkyl halides is 6. The Morgan fingerprint density at radius 1 is 1.10 bits per heavy atom. The summed E-state index contributed by atoms with van der Waals surface area (Å²) in [6, 6.07) is 4.06. The van der Waals surface area contributed by atoms with Crippen molar-refractivity contribution >= 4 is 0 Å². The van der Waals surface area contributed by atoms with Crippen molar-refractivity contribution in [3.8, 4) is 5.75 Å². The molecule has 0 aromatic heterocycles. The second kappa shape index (κ2) is 6.52. The third kappa shape index (κ3) is 4.78. The Labute approximate surface area is 116 Å². The van der Waals surface area contributed by atoms with Gasteiger partial charge in [0.2, 0.25) is 6.10 Å². The fourth-order valence-electron chi connectivity index (χ4n) is 1.60. The van der Waals surface area contributed by atoms with Gasteiger partial charge in [0.15, 0.2) is 0 Å². The monoisotopic (exact) mass is 317 g/mol. The number of methoxy groups -OCH3 is 1. The van der Waals surface area contributed by atoms with Crippen molar-refractivity contribution in [3.05, 3.63) is 29.3 Å². The van der Waals surface area contributed by atoms with Crippen LogP contribution in [-0.4, -0.2) is 25.6 Å². The van der Waals surface area contributed by atoms with Crippen molar-refractivity contribution in [2.24, 2.45) is 5.73 Å². The summed E-state index contributed by atoms with van der Waals surface area (Å²) in [5.74, 6) is 0.272. The minimum Gasteiger partial charge on any atom is -0.496 e. The molecule has 0 heterocycles. The Kier molecular flexibility index (Phi) is 5.46. The largest absolute Gasteiger partial charge is 0.496 e. The molecule has 0 fully saturated rings. The molecule has 1 aromatic rings. The van der Waals surface area contributed by atoms with E-state index in [0.29, 0.717) is 5.56 Å². The van der Waals surface area contributed by atoms with Crippen LogP contribution >= 0.6 is 0 Å². The number of benzene rings is 1. The van der Waals surface area contributed by atoms with E-state index in [1.54, 1.807) is 0 Å². The molecule has 2 N–H and O–H groups in total. The lowest BCUT2D eigenvalue weighted by atomic mass is 10.1. The summed E-state index contributed by atoms with van der Waals surface area (Å²) in [6.07, 6.45) is -14.9. The SMILES string of the molecule is COc1cc(COC(C(F)(F)F)C(F)(F)F)ccc1CN. The first kappa shape index (κ1) is 17.6. The quantitative estimate of drug-likeness (QED) is 0.849. The summed E-state index contributed by atoms with van der Waals surface area (Å²) in [5, 5.41) is 0. The Morgan fingerprint density at radius 2 is 1.67 bits per heavy atom. The maximum absolute atomic E-state index is 12.3. The minimum atomic E-state index is -5.53. The molecule has 1 aromatic carbocycles. The van der Waals surface area contributed by atoms with E-state index in [4.69, 9.17) is 10.5 Å². The molecule has 0 atom stereocenters. The maximum atomic E-state index is 12.3. The standard InChI is InChI=1S/C12H13F6NO2/c1-20-9-4-7(2-3-8(9)5-19)6-21-10(11(13,14)15)12(16,17)18/h2-4,10H,5-6,19H2,1H3. The molecule has 9 heteroatoms. The van der Waals surface area contributed by atoms with Crippen LogP contribution in [0.5, 0.6) is 5.75 Å². The number of rotatable bonds is 5. The van der Waals surface area contributed by atoms with E-state index in [1.807, 2.05) is 0 Å². The van der Waals surface area contributed by atoms with E-state index in [2.05, 4.69) is 4.74 Å². The van der Waals surface area contributed by atoms with Gasteiger partial charge < -0.3 is 15.2 Å². The average Bonchev–Trinajstić information content (AvgIpc) is 2.35. The van der Waals surface area contributed by atoms with E-state index in [0.717, 1.165) is 0 Å². The van der Waals surface area contributed by atoms with Gasteiger partial charge in [0.25, 0.3) is 0 Å². The number of hydrogen-bond acceptors (Lipinski definition) is 3. The minimum absolute atomic E-state index is 0.113. The summed E-state index contributed by atoms with van der Waals surface area (Å²) in [6.45, 7) is -0.733. The molecule has 0 amide bonds. The van der Waals surface area contributed by atoms with Gasteiger partial charge in [-0.1, -0.05) is 12.1 Å². The van der Waals surface area contributed by atoms with Crippen molar-refractivity contribution in [2.75, 3.05) is 7.11 Å². The van der Waals surface area contributed by atoms with Crippen LogP contribution in [0.25, 0.3) is 0 Å². The molecule has 3 nitrogen and oxygen atoms in total. The Morgan fingerprint density at radius 3 is 2.10 bits per heavy atom. The first-order chi connectivity index (χ1) is 9.59. The van der Waals surface area contributed by atoms with Gasteiger partial charge in [0.05, 0.1) is 13.7 Å². The summed E-state index contributed by atoms with van der Waals surface area (Å²) in [7, 11) is 1.31. The van der Waals surface area contributed by atoms with Crippen molar-refractivity contribution < 1.29 is 35.8 Å². The predicted molar refractivity (Wildman–Crippen MR) is 61.6 cm³/mol. The normalized spacial score (nSPS) is 12.8. The van der Waals surface area contributed by atoms with Crippen molar-refractivity contribution in [2.45, 2.75) is 31.6 Å². The van der Waals surface area contributed by atoms with E-state index in [9.17, 15) is 26.3 Å². The molecule has 0 aliphatic rings. The second-order valence-corrected chi connectivity index (χ2v) is 4.12. The van der Waals surface area contributed by atoms with Crippen LogP contribution in [-0.2, 0) is 17.9 Å². The van der Waals surface area contributed by atoms with Gasteiger partial charge in [0, 0.05) is 12.1 Å². The number of ether oxygens (including phenoxy) is 2. The number of hydrogen-bond donors (Lipinski definition) is 1. The summed E-state index contributed by atoms with van der Waals surface area (Å²) in [4.78, 5) is 0. The molecule has 0 saturated heterocycles. The summed E-state index contributed by atoms with van der Waals surface area (Å²) in [5.41, 5.74) is 6.09. The van der Waals surface area contributed by atoms with Crippen LogP contribution < -0.4 is 10.5 Å². The molecular weight excluding hydrogens is 304 g/mol. The predicted octanol–water partition coefficient (Wildman–Crippen LogP) is 3.16. The average molecular weight is 317 g/mol. The van der Waals surface area contributed by atoms with Gasteiger partial charge in [-0.2, -0.15) is 26.3 Å². The highest BCUT2D eigenvalue weighted by atomic mass is 19.4. The lowest BCUT2D eigenvalue weighted by molar-refractivity contribution is -0.324. The summed E-state index contributed by atoms with van der Waals surface area (Å²) < 4.78 is 82.7. The molecule has 0 radical (unpaired) electrons. The van der Waals surface area contributed by atoms with Gasteiger partial charge in [-0.3, -0.25) is 0 Å². The molecule has 0 bridgehead atoms. The topological polar surface area (TPSA) is 44.5 Å².